The maximum Gasteiger partial charge on any atom is 0.271 e. The maximum atomic E-state index is 11.8. The second-order valence-electron chi connectivity index (χ2n) is 5.43. The molecule has 0 unspecified atom stereocenters. The van der Waals surface area contributed by atoms with Gasteiger partial charge in [-0.3, -0.25) is 4.79 Å². The van der Waals surface area contributed by atoms with Gasteiger partial charge < -0.3 is 10.6 Å². The minimum absolute atomic E-state index is 0.165. The molecule has 0 saturated carbocycles. The molecule has 0 aliphatic heterocycles. The first-order chi connectivity index (χ1) is 11.3. The lowest BCUT2D eigenvalue weighted by atomic mass is 10.1. The van der Waals surface area contributed by atoms with Gasteiger partial charge >= 0.3 is 0 Å². The molecule has 1 heterocycles. The van der Waals surface area contributed by atoms with Crippen LogP contribution in [0.15, 0.2) is 42.5 Å². The number of carbonyl (C=O) groups excluding carboxylic acids is 1. The number of aromatic nitrogens is 2. The molecular weight excluding hydrogens is 288 g/mol. The minimum Gasteiger partial charge on any atom is -0.369 e. The van der Waals surface area contributed by atoms with Crippen LogP contribution < -0.4 is 10.6 Å². The van der Waals surface area contributed by atoms with Crippen LogP contribution in [0.2, 0.25) is 0 Å². The summed E-state index contributed by atoms with van der Waals surface area (Å²) in [5.41, 5.74) is 1.69. The molecule has 0 fully saturated rings. The van der Waals surface area contributed by atoms with E-state index in [1.807, 2.05) is 6.07 Å². The molecule has 5 nitrogen and oxygen atoms in total. The largest absolute Gasteiger partial charge is 0.369 e. The van der Waals surface area contributed by atoms with E-state index in [2.05, 4.69) is 52.0 Å². The molecule has 0 atom stereocenters. The molecule has 5 heteroatoms. The van der Waals surface area contributed by atoms with E-state index in [0.717, 1.165) is 32.2 Å². The van der Waals surface area contributed by atoms with Crippen LogP contribution in [0.1, 0.15) is 42.2 Å². The Kier molecular flexibility index (Phi) is 7.04. The van der Waals surface area contributed by atoms with Crippen molar-refractivity contribution in [1.29, 1.82) is 0 Å². The number of benzene rings is 1. The van der Waals surface area contributed by atoms with Gasteiger partial charge in [-0.2, -0.15) is 0 Å². The van der Waals surface area contributed by atoms with E-state index in [4.69, 9.17) is 0 Å². The van der Waals surface area contributed by atoms with E-state index < -0.39 is 0 Å². The molecule has 2 aromatic rings. The van der Waals surface area contributed by atoms with Crippen LogP contribution in [0.5, 0.6) is 0 Å². The van der Waals surface area contributed by atoms with Gasteiger partial charge in [0.15, 0.2) is 5.69 Å². The Balaban J connectivity index is 1.71. The third-order valence-corrected chi connectivity index (χ3v) is 3.50. The number of carbonyl (C=O) groups is 1. The van der Waals surface area contributed by atoms with Crippen LogP contribution in [-0.4, -0.2) is 29.2 Å². The predicted molar refractivity (Wildman–Crippen MR) is 92.5 cm³/mol. The molecule has 2 rings (SSSR count). The molecule has 0 aliphatic rings. The number of aryl methyl sites for hydroxylation is 1. The monoisotopic (exact) mass is 312 g/mol. The maximum absolute atomic E-state index is 11.8. The Morgan fingerprint density at radius 1 is 1.00 bits per heavy atom. The van der Waals surface area contributed by atoms with Crippen LogP contribution in [0.3, 0.4) is 0 Å². The van der Waals surface area contributed by atoms with E-state index >= 15 is 0 Å². The van der Waals surface area contributed by atoms with Gasteiger partial charge in [0.1, 0.15) is 5.82 Å². The lowest BCUT2D eigenvalue weighted by molar-refractivity contribution is 0.0947. The molecule has 0 saturated heterocycles. The van der Waals surface area contributed by atoms with Crippen molar-refractivity contribution in [1.82, 2.24) is 15.5 Å². The fraction of sp³-hybridized carbons (Fsp3) is 0.389. The molecule has 0 aliphatic carbocycles. The van der Waals surface area contributed by atoms with Gasteiger partial charge in [-0.25, -0.2) is 0 Å². The lowest BCUT2D eigenvalue weighted by Crippen LogP contribution is -2.25. The van der Waals surface area contributed by atoms with Gasteiger partial charge in [-0.15, -0.1) is 10.2 Å². The summed E-state index contributed by atoms with van der Waals surface area (Å²) in [6.45, 7) is 3.59. The summed E-state index contributed by atoms with van der Waals surface area (Å²) >= 11 is 0. The van der Waals surface area contributed by atoms with Crippen molar-refractivity contribution in [2.75, 3.05) is 18.4 Å². The number of nitrogens with zero attached hydrogens (tertiary/aromatic N) is 2. The Morgan fingerprint density at radius 3 is 2.52 bits per heavy atom. The molecule has 0 bridgehead atoms. The number of rotatable bonds is 9. The predicted octanol–water partition coefficient (Wildman–Crippen LogP) is 3.05. The number of nitrogens with one attached hydrogen (secondary N) is 2. The van der Waals surface area contributed by atoms with E-state index in [1.54, 1.807) is 12.1 Å². The third kappa shape index (κ3) is 6.06. The summed E-state index contributed by atoms with van der Waals surface area (Å²) in [4.78, 5) is 11.8. The molecule has 2 N–H and O–H groups in total. The van der Waals surface area contributed by atoms with Crippen LogP contribution in [-0.2, 0) is 6.42 Å². The van der Waals surface area contributed by atoms with Gasteiger partial charge in [0.25, 0.3) is 5.91 Å². The zero-order valence-corrected chi connectivity index (χ0v) is 13.6. The Hall–Kier alpha value is -2.43. The Labute approximate surface area is 137 Å². The molecule has 1 aromatic carbocycles. The first kappa shape index (κ1) is 16.9. The molecule has 23 heavy (non-hydrogen) atoms. The lowest BCUT2D eigenvalue weighted by Gasteiger charge is -2.06. The topological polar surface area (TPSA) is 66.9 Å². The molecule has 0 radical (unpaired) electrons. The van der Waals surface area contributed by atoms with Gasteiger partial charge in [-0.1, -0.05) is 43.7 Å². The normalized spacial score (nSPS) is 10.3. The highest BCUT2D eigenvalue weighted by Crippen LogP contribution is 2.05. The minimum atomic E-state index is -0.165. The van der Waals surface area contributed by atoms with Crippen LogP contribution >= 0.6 is 0 Å². The van der Waals surface area contributed by atoms with Crippen molar-refractivity contribution < 1.29 is 4.79 Å². The molecular formula is C18H24N4O. The SMILES string of the molecule is CCCCNC(=O)c1ccc(NCCCc2ccccc2)nn1. The average molecular weight is 312 g/mol. The average Bonchev–Trinajstić information content (AvgIpc) is 2.60. The van der Waals surface area contributed by atoms with Crippen molar-refractivity contribution in [2.45, 2.75) is 32.6 Å². The molecule has 122 valence electrons. The second kappa shape index (κ2) is 9.56. The van der Waals surface area contributed by atoms with Crippen LogP contribution in [0.25, 0.3) is 0 Å². The highest BCUT2D eigenvalue weighted by molar-refractivity contribution is 5.92. The zero-order valence-electron chi connectivity index (χ0n) is 13.6. The van der Waals surface area contributed by atoms with E-state index in [9.17, 15) is 4.79 Å². The molecule has 0 spiro atoms. The van der Waals surface area contributed by atoms with Gasteiger partial charge in [-0.05, 0) is 37.0 Å². The number of hydrogen-bond acceptors (Lipinski definition) is 4. The first-order valence-corrected chi connectivity index (χ1v) is 8.19. The van der Waals surface area contributed by atoms with Gasteiger partial charge in [0.2, 0.25) is 0 Å². The molecule has 1 aromatic heterocycles. The summed E-state index contributed by atoms with van der Waals surface area (Å²) in [6, 6.07) is 13.9. The Morgan fingerprint density at radius 2 is 1.83 bits per heavy atom. The quantitative estimate of drug-likeness (QED) is 0.698. The number of anilines is 1. The van der Waals surface area contributed by atoms with Crippen molar-refractivity contribution in [3.05, 3.63) is 53.7 Å². The highest BCUT2D eigenvalue weighted by Gasteiger charge is 2.06. The standard InChI is InChI=1S/C18H24N4O/c1-2-3-13-20-18(23)16-11-12-17(22-21-16)19-14-7-10-15-8-5-4-6-9-15/h4-6,8-9,11-12H,2-3,7,10,13-14H2,1H3,(H,19,22)(H,20,23). The summed E-state index contributed by atoms with van der Waals surface area (Å²) in [6.07, 6.45) is 4.07. The fourth-order valence-corrected chi connectivity index (χ4v) is 2.17. The molecule has 1 amide bonds. The summed E-state index contributed by atoms with van der Waals surface area (Å²) in [5.74, 6) is 0.532. The van der Waals surface area contributed by atoms with E-state index in [0.29, 0.717) is 18.1 Å². The first-order valence-electron chi connectivity index (χ1n) is 8.19. The van der Waals surface area contributed by atoms with Crippen molar-refractivity contribution in [3.8, 4) is 0 Å². The summed E-state index contributed by atoms with van der Waals surface area (Å²) in [5, 5.41) is 14.1. The van der Waals surface area contributed by atoms with Gasteiger partial charge in [0, 0.05) is 13.1 Å². The number of unbranched alkanes of at least 4 members (excludes halogenated alkanes) is 1. The van der Waals surface area contributed by atoms with Gasteiger partial charge in [0.05, 0.1) is 0 Å². The number of amides is 1. The number of hydrogen-bond donors (Lipinski definition) is 2. The summed E-state index contributed by atoms with van der Waals surface area (Å²) in [7, 11) is 0. The highest BCUT2D eigenvalue weighted by atomic mass is 16.1. The van der Waals surface area contributed by atoms with E-state index in [-0.39, 0.29) is 5.91 Å². The van der Waals surface area contributed by atoms with Crippen LogP contribution in [0, 0.1) is 0 Å². The Bertz CT molecular complexity index is 584. The second-order valence-corrected chi connectivity index (χ2v) is 5.43. The van der Waals surface area contributed by atoms with Crippen LogP contribution in [0.4, 0.5) is 5.82 Å². The van der Waals surface area contributed by atoms with Crippen molar-refractivity contribution >= 4 is 11.7 Å². The third-order valence-electron chi connectivity index (χ3n) is 3.50. The summed E-state index contributed by atoms with van der Waals surface area (Å²) < 4.78 is 0. The zero-order chi connectivity index (χ0) is 16.3. The van der Waals surface area contributed by atoms with Crippen molar-refractivity contribution in [2.24, 2.45) is 0 Å². The van der Waals surface area contributed by atoms with E-state index in [1.165, 1.54) is 5.56 Å². The van der Waals surface area contributed by atoms with Crippen molar-refractivity contribution in [3.63, 3.8) is 0 Å². The smallest absolute Gasteiger partial charge is 0.271 e. The fourth-order valence-electron chi connectivity index (χ4n) is 2.17.